The second kappa shape index (κ2) is 6.37. The van der Waals surface area contributed by atoms with E-state index in [1.165, 1.54) is 12.1 Å². The van der Waals surface area contributed by atoms with Crippen LogP contribution in [0.4, 0.5) is 11.4 Å². The molecule has 0 radical (unpaired) electrons. The number of nitrogen functional groups attached to an aromatic ring is 1. The summed E-state index contributed by atoms with van der Waals surface area (Å²) in [6.07, 6.45) is 0. The molecule has 4 N–H and O–H groups in total. The van der Waals surface area contributed by atoms with Gasteiger partial charge in [0.25, 0.3) is 0 Å². The molecule has 0 fully saturated rings. The van der Waals surface area contributed by atoms with E-state index in [0.717, 1.165) is 11.3 Å². The van der Waals surface area contributed by atoms with Crippen molar-refractivity contribution in [2.45, 2.75) is 6.54 Å². The van der Waals surface area contributed by atoms with Gasteiger partial charge in [0.05, 0.1) is 23.4 Å². The van der Waals surface area contributed by atoms with Crippen molar-refractivity contribution in [3.05, 3.63) is 52.5 Å². The summed E-state index contributed by atoms with van der Waals surface area (Å²) in [5.74, 6) is -0.322. The Labute approximate surface area is 127 Å². The first-order valence-corrected chi connectivity index (χ1v) is 6.58. The van der Waals surface area contributed by atoms with Crippen LogP contribution in [0.15, 0.2) is 36.4 Å². The minimum absolute atomic E-state index is 0.0495. The first kappa shape index (κ1) is 15.0. The summed E-state index contributed by atoms with van der Waals surface area (Å²) in [5, 5.41) is 12.5. The number of carboxylic acid groups (broad SMARTS) is 1. The van der Waals surface area contributed by atoms with Gasteiger partial charge in [-0.15, -0.1) is 0 Å². The van der Waals surface area contributed by atoms with Crippen molar-refractivity contribution in [1.29, 1.82) is 0 Å². The second-order valence-corrected chi connectivity index (χ2v) is 4.84. The maximum absolute atomic E-state index is 11.3. The number of nitrogens with two attached hydrogens (primary N) is 1. The van der Waals surface area contributed by atoms with Crippen LogP contribution in [0.3, 0.4) is 0 Å². The summed E-state index contributed by atoms with van der Waals surface area (Å²) in [6.45, 7) is 0.438. The van der Waals surface area contributed by atoms with Crippen LogP contribution < -0.4 is 15.8 Å². The number of methoxy groups -OCH3 is 1. The summed E-state index contributed by atoms with van der Waals surface area (Å²) >= 11 is 6.07. The van der Waals surface area contributed by atoms with Gasteiger partial charge in [0.1, 0.15) is 5.75 Å². The molecule has 5 nitrogen and oxygen atoms in total. The molecule has 2 aromatic rings. The fraction of sp³-hybridized carbons (Fsp3) is 0.133. The van der Waals surface area contributed by atoms with Gasteiger partial charge >= 0.3 is 5.97 Å². The highest BCUT2D eigenvalue weighted by Crippen LogP contribution is 2.29. The first-order chi connectivity index (χ1) is 10.0. The minimum Gasteiger partial charge on any atom is -0.497 e. The van der Waals surface area contributed by atoms with Gasteiger partial charge in [0.2, 0.25) is 0 Å². The van der Waals surface area contributed by atoms with Crippen LogP contribution in [0.25, 0.3) is 0 Å². The number of aromatic carboxylic acids is 1. The molecule has 2 aromatic carbocycles. The van der Waals surface area contributed by atoms with E-state index in [9.17, 15) is 9.90 Å². The molecular weight excluding hydrogens is 292 g/mol. The zero-order valence-corrected chi connectivity index (χ0v) is 12.1. The first-order valence-electron chi connectivity index (χ1n) is 6.20. The van der Waals surface area contributed by atoms with Crippen LogP contribution in [0.1, 0.15) is 15.9 Å². The van der Waals surface area contributed by atoms with E-state index in [2.05, 4.69) is 5.32 Å². The van der Waals surface area contributed by atoms with E-state index in [4.69, 9.17) is 22.1 Å². The lowest BCUT2D eigenvalue weighted by Gasteiger charge is -2.13. The molecule has 2 rings (SSSR count). The Bertz CT molecular complexity index is 657. The molecule has 0 spiro atoms. The zero-order chi connectivity index (χ0) is 15.4. The van der Waals surface area contributed by atoms with E-state index in [-0.39, 0.29) is 10.6 Å². The molecule has 21 heavy (non-hydrogen) atoms. The van der Waals surface area contributed by atoms with Gasteiger partial charge in [-0.3, -0.25) is 0 Å². The number of hydrogen-bond donors (Lipinski definition) is 3. The normalized spacial score (nSPS) is 10.2. The lowest BCUT2D eigenvalue weighted by molar-refractivity contribution is 0.0698. The molecule has 6 heteroatoms. The highest BCUT2D eigenvalue weighted by Gasteiger charge is 2.14. The predicted molar refractivity (Wildman–Crippen MR) is 83.1 cm³/mol. The predicted octanol–water partition coefficient (Wildman–Crippen LogP) is 3.24. The maximum Gasteiger partial charge on any atom is 0.337 e. The molecule has 0 saturated heterocycles. The van der Waals surface area contributed by atoms with Gasteiger partial charge in [-0.2, -0.15) is 0 Å². The number of nitrogens with one attached hydrogen (secondary N) is 1. The molecule has 0 aliphatic rings. The number of carbonyl (C=O) groups is 1. The smallest absolute Gasteiger partial charge is 0.337 e. The van der Waals surface area contributed by atoms with E-state index in [1.54, 1.807) is 7.11 Å². The van der Waals surface area contributed by atoms with Crippen LogP contribution in [0, 0.1) is 0 Å². The number of hydrogen-bond acceptors (Lipinski definition) is 4. The SMILES string of the molecule is COc1ccc(CNc2c(Cl)cc(N)cc2C(=O)O)cc1. The van der Waals surface area contributed by atoms with Crippen LogP contribution in [0.2, 0.25) is 5.02 Å². The molecule has 0 saturated carbocycles. The average Bonchev–Trinajstić information content (AvgIpc) is 2.46. The number of halogens is 1. The monoisotopic (exact) mass is 306 g/mol. The highest BCUT2D eigenvalue weighted by molar-refractivity contribution is 6.34. The van der Waals surface area contributed by atoms with Crippen molar-refractivity contribution >= 4 is 28.9 Å². The number of anilines is 2. The quantitative estimate of drug-likeness (QED) is 0.738. The largest absolute Gasteiger partial charge is 0.497 e. The molecule has 0 bridgehead atoms. The number of carboxylic acids is 1. The Morgan fingerprint density at radius 2 is 2.00 bits per heavy atom. The van der Waals surface area contributed by atoms with Crippen molar-refractivity contribution in [1.82, 2.24) is 0 Å². The lowest BCUT2D eigenvalue weighted by Crippen LogP contribution is -2.08. The molecule has 0 unspecified atom stereocenters. The van der Waals surface area contributed by atoms with E-state index in [1.807, 2.05) is 24.3 Å². The molecule has 0 aliphatic carbocycles. The van der Waals surface area contributed by atoms with Gasteiger partial charge in [-0.25, -0.2) is 4.79 Å². The molecule has 0 atom stereocenters. The van der Waals surface area contributed by atoms with Crippen LogP contribution in [-0.2, 0) is 6.54 Å². The van der Waals surface area contributed by atoms with Crippen molar-refractivity contribution in [2.75, 3.05) is 18.2 Å². The van der Waals surface area contributed by atoms with Crippen LogP contribution >= 0.6 is 11.6 Å². The fourth-order valence-electron chi connectivity index (χ4n) is 1.91. The van der Waals surface area contributed by atoms with Gasteiger partial charge in [0, 0.05) is 12.2 Å². The van der Waals surface area contributed by atoms with E-state index < -0.39 is 5.97 Å². The number of ether oxygens (including phenoxy) is 1. The van der Waals surface area contributed by atoms with E-state index in [0.29, 0.717) is 17.9 Å². The summed E-state index contributed by atoms with van der Waals surface area (Å²) in [6, 6.07) is 10.3. The third kappa shape index (κ3) is 3.58. The van der Waals surface area contributed by atoms with Crippen LogP contribution in [-0.4, -0.2) is 18.2 Å². The molecular formula is C15H15ClN2O3. The van der Waals surface area contributed by atoms with Gasteiger partial charge < -0.3 is 20.9 Å². The van der Waals surface area contributed by atoms with Crippen LogP contribution in [0.5, 0.6) is 5.75 Å². The average molecular weight is 307 g/mol. The Kier molecular flexibility index (Phi) is 4.55. The summed E-state index contributed by atoms with van der Waals surface area (Å²) < 4.78 is 5.08. The third-order valence-corrected chi connectivity index (χ3v) is 3.27. The third-order valence-electron chi connectivity index (χ3n) is 2.97. The maximum atomic E-state index is 11.3. The molecule has 110 valence electrons. The standard InChI is InChI=1S/C15H15ClN2O3/c1-21-11-4-2-9(3-5-11)8-18-14-12(15(19)20)6-10(17)7-13(14)16/h2-7,18H,8,17H2,1H3,(H,19,20). The Morgan fingerprint density at radius 1 is 1.33 bits per heavy atom. The zero-order valence-electron chi connectivity index (χ0n) is 11.4. The van der Waals surface area contributed by atoms with Gasteiger partial charge in [-0.1, -0.05) is 23.7 Å². The van der Waals surface area contributed by atoms with Gasteiger partial charge in [-0.05, 0) is 29.8 Å². The summed E-state index contributed by atoms with van der Waals surface area (Å²) in [5.41, 5.74) is 7.31. The number of rotatable bonds is 5. The molecule has 0 aliphatic heterocycles. The molecule has 0 aromatic heterocycles. The van der Waals surface area contributed by atoms with Crippen molar-refractivity contribution in [3.63, 3.8) is 0 Å². The molecule has 0 heterocycles. The van der Waals surface area contributed by atoms with Gasteiger partial charge in [0.15, 0.2) is 0 Å². The summed E-state index contributed by atoms with van der Waals surface area (Å²) in [7, 11) is 1.60. The second-order valence-electron chi connectivity index (χ2n) is 4.43. The fourth-order valence-corrected chi connectivity index (χ4v) is 2.20. The van der Waals surface area contributed by atoms with Crippen molar-refractivity contribution < 1.29 is 14.6 Å². The lowest BCUT2D eigenvalue weighted by atomic mass is 10.1. The Hall–Kier alpha value is -2.40. The van der Waals surface area contributed by atoms with E-state index >= 15 is 0 Å². The summed E-state index contributed by atoms with van der Waals surface area (Å²) in [4.78, 5) is 11.3. The highest BCUT2D eigenvalue weighted by atomic mass is 35.5. The minimum atomic E-state index is -1.08. The topological polar surface area (TPSA) is 84.6 Å². The van der Waals surface area contributed by atoms with Crippen molar-refractivity contribution in [2.24, 2.45) is 0 Å². The van der Waals surface area contributed by atoms with Crippen molar-refractivity contribution in [3.8, 4) is 5.75 Å². The Balaban J connectivity index is 2.20. The Morgan fingerprint density at radius 3 is 2.57 bits per heavy atom. The molecule has 0 amide bonds. The number of benzene rings is 2.